The Morgan fingerprint density at radius 2 is 2.00 bits per heavy atom. The van der Waals surface area contributed by atoms with E-state index in [0.29, 0.717) is 5.92 Å². The summed E-state index contributed by atoms with van der Waals surface area (Å²) in [6.07, 6.45) is 4.96. The summed E-state index contributed by atoms with van der Waals surface area (Å²) in [7, 11) is 0. The monoisotopic (exact) mass is 155 g/mol. The van der Waals surface area contributed by atoms with Gasteiger partial charge in [0.05, 0.1) is 0 Å². The van der Waals surface area contributed by atoms with Crippen LogP contribution in [-0.2, 0) is 4.74 Å². The third-order valence-corrected chi connectivity index (χ3v) is 1.74. The van der Waals surface area contributed by atoms with Gasteiger partial charge in [0.25, 0.3) is 6.26 Å². The van der Waals surface area contributed by atoms with Gasteiger partial charge in [-0.2, -0.15) is 5.26 Å². The van der Waals surface area contributed by atoms with Crippen LogP contribution in [-0.4, -0.2) is 6.10 Å². The Hall–Kier alpha value is -0.710. The first-order valence-corrected chi connectivity index (χ1v) is 4.25. The van der Waals surface area contributed by atoms with Crippen LogP contribution in [0.25, 0.3) is 0 Å². The van der Waals surface area contributed by atoms with Gasteiger partial charge in [0, 0.05) is 0 Å². The van der Waals surface area contributed by atoms with Crippen molar-refractivity contribution in [2.75, 3.05) is 0 Å². The zero-order valence-electron chi connectivity index (χ0n) is 7.63. The molecule has 0 heterocycles. The summed E-state index contributed by atoms with van der Waals surface area (Å²) < 4.78 is 4.85. The Bertz CT molecular complexity index is 126. The van der Waals surface area contributed by atoms with Gasteiger partial charge in [-0.05, 0) is 25.2 Å². The lowest BCUT2D eigenvalue weighted by atomic mass is 10.0. The highest BCUT2D eigenvalue weighted by atomic mass is 16.5. The molecule has 0 aliphatic carbocycles. The number of rotatable bonds is 5. The van der Waals surface area contributed by atoms with E-state index in [1.54, 1.807) is 6.26 Å². The highest BCUT2D eigenvalue weighted by molar-refractivity contribution is 4.62. The van der Waals surface area contributed by atoms with Crippen molar-refractivity contribution in [1.29, 1.82) is 5.26 Å². The molecular formula is C9H17NO. The van der Waals surface area contributed by atoms with Crippen LogP contribution in [0.3, 0.4) is 0 Å². The van der Waals surface area contributed by atoms with Gasteiger partial charge in [-0.15, -0.1) is 0 Å². The second-order valence-electron chi connectivity index (χ2n) is 3.21. The van der Waals surface area contributed by atoms with E-state index in [-0.39, 0.29) is 6.10 Å². The minimum absolute atomic E-state index is 0.141. The molecule has 0 fully saturated rings. The maximum absolute atomic E-state index is 8.26. The summed E-state index contributed by atoms with van der Waals surface area (Å²) in [5.41, 5.74) is 0. The first-order valence-electron chi connectivity index (χ1n) is 4.25. The van der Waals surface area contributed by atoms with Crippen LogP contribution in [0, 0.1) is 17.4 Å². The molecule has 0 radical (unpaired) electrons. The van der Waals surface area contributed by atoms with Crippen LogP contribution in [0.15, 0.2) is 0 Å². The second kappa shape index (κ2) is 6.03. The van der Waals surface area contributed by atoms with Gasteiger partial charge in [0.1, 0.15) is 6.10 Å². The summed E-state index contributed by atoms with van der Waals surface area (Å²) in [5, 5.41) is 8.26. The van der Waals surface area contributed by atoms with Gasteiger partial charge in [-0.1, -0.05) is 20.8 Å². The molecule has 0 aromatic heterocycles. The van der Waals surface area contributed by atoms with Gasteiger partial charge >= 0.3 is 0 Å². The Labute approximate surface area is 69.2 Å². The highest BCUT2D eigenvalue weighted by Crippen LogP contribution is 2.11. The standard InChI is InChI=1S/C9H17NO/c1-4-9(11-7-10)6-5-8(2)3/h8-9H,4-6H2,1-3H3. The summed E-state index contributed by atoms with van der Waals surface area (Å²) in [6.45, 7) is 6.40. The molecule has 0 spiro atoms. The number of nitrogens with zero attached hydrogens (tertiary/aromatic N) is 1. The zero-order chi connectivity index (χ0) is 8.69. The average Bonchev–Trinajstić information content (AvgIpc) is 1.97. The van der Waals surface area contributed by atoms with E-state index in [9.17, 15) is 0 Å². The van der Waals surface area contributed by atoms with Gasteiger partial charge < -0.3 is 4.74 Å². The van der Waals surface area contributed by atoms with Crippen LogP contribution in [0.5, 0.6) is 0 Å². The molecular weight excluding hydrogens is 138 g/mol. The Kier molecular flexibility index (Phi) is 5.64. The second-order valence-corrected chi connectivity index (χ2v) is 3.21. The summed E-state index contributed by atoms with van der Waals surface area (Å²) in [5.74, 6) is 0.700. The van der Waals surface area contributed by atoms with Gasteiger partial charge in [0.15, 0.2) is 0 Å². The van der Waals surface area contributed by atoms with E-state index in [4.69, 9.17) is 10.00 Å². The van der Waals surface area contributed by atoms with Crippen molar-refractivity contribution >= 4 is 0 Å². The van der Waals surface area contributed by atoms with Crippen molar-refractivity contribution in [3.63, 3.8) is 0 Å². The highest BCUT2D eigenvalue weighted by Gasteiger charge is 2.06. The number of ether oxygens (including phenoxy) is 1. The van der Waals surface area contributed by atoms with E-state index < -0.39 is 0 Å². The summed E-state index contributed by atoms with van der Waals surface area (Å²) in [6, 6.07) is 0. The molecule has 2 nitrogen and oxygen atoms in total. The fraction of sp³-hybridized carbons (Fsp3) is 0.889. The molecule has 1 unspecified atom stereocenters. The first-order chi connectivity index (χ1) is 5.20. The lowest BCUT2D eigenvalue weighted by Crippen LogP contribution is -2.09. The molecule has 0 rings (SSSR count). The van der Waals surface area contributed by atoms with E-state index in [1.165, 1.54) is 0 Å². The van der Waals surface area contributed by atoms with Crippen LogP contribution in [0.4, 0.5) is 0 Å². The topological polar surface area (TPSA) is 33.0 Å². The maximum atomic E-state index is 8.26. The molecule has 0 aromatic carbocycles. The van der Waals surface area contributed by atoms with E-state index in [1.807, 2.05) is 6.92 Å². The molecule has 0 aromatic rings. The van der Waals surface area contributed by atoms with Gasteiger partial charge in [-0.25, -0.2) is 0 Å². The van der Waals surface area contributed by atoms with Crippen LogP contribution < -0.4 is 0 Å². The largest absolute Gasteiger partial charge is 0.424 e. The normalized spacial score (nSPS) is 12.6. The molecule has 11 heavy (non-hydrogen) atoms. The van der Waals surface area contributed by atoms with E-state index in [2.05, 4.69) is 13.8 Å². The van der Waals surface area contributed by atoms with Crippen molar-refractivity contribution in [1.82, 2.24) is 0 Å². The Morgan fingerprint density at radius 3 is 2.36 bits per heavy atom. The van der Waals surface area contributed by atoms with E-state index in [0.717, 1.165) is 19.3 Å². The van der Waals surface area contributed by atoms with Crippen molar-refractivity contribution in [3.05, 3.63) is 0 Å². The van der Waals surface area contributed by atoms with Gasteiger partial charge in [-0.3, -0.25) is 0 Å². The molecule has 0 bridgehead atoms. The lowest BCUT2D eigenvalue weighted by Gasteiger charge is -2.12. The molecule has 0 saturated heterocycles. The quantitative estimate of drug-likeness (QED) is 0.572. The predicted molar refractivity (Wildman–Crippen MR) is 44.8 cm³/mol. The van der Waals surface area contributed by atoms with Gasteiger partial charge in [0.2, 0.25) is 0 Å². The van der Waals surface area contributed by atoms with E-state index >= 15 is 0 Å². The average molecular weight is 155 g/mol. The molecule has 0 aliphatic heterocycles. The lowest BCUT2D eigenvalue weighted by molar-refractivity contribution is 0.141. The summed E-state index contributed by atoms with van der Waals surface area (Å²) in [4.78, 5) is 0. The fourth-order valence-electron chi connectivity index (χ4n) is 0.940. The Balaban J connectivity index is 3.45. The first kappa shape index (κ1) is 10.3. The van der Waals surface area contributed by atoms with Crippen molar-refractivity contribution in [2.24, 2.45) is 5.92 Å². The SMILES string of the molecule is CCC(CCC(C)C)OC#N. The van der Waals surface area contributed by atoms with Crippen molar-refractivity contribution in [2.45, 2.75) is 46.1 Å². The molecule has 0 saturated carbocycles. The molecule has 64 valence electrons. The van der Waals surface area contributed by atoms with Crippen LogP contribution in [0.1, 0.15) is 40.0 Å². The Morgan fingerprint density at radius 1 is 1.36 bits per heavy atom. The number of hydrogen-bond acceptors (Lipinski definition) is 2. The van der Waals surface area contributed by atoms with Crippen molar-refractivity contribution in [3.8, 4) is 6.26 Å². The maximum Gasteiger partial charge on any atom is 0.286 e. The third-order valence-electron chi connectivity index (χ3n) is 1.74. The number of nitriles is 1. The van der Waals surface area contributed by atoms with Crippen LogP contribution >= 0.6 is 0 Å². The molecule has 0 amide bonds. The molecule has 0 aliphatic rings. The number of hydrogen-bond donors (Lipinski definition) is 0. The smallest absolute Gasteiger partial charge is 0.286 e. The molecule has 2 heteroatoms. The zero-order valence-corrected chi connectivity index (χ0v) is 7.63. The molecule has 0 N–H and O–H groups in total. The predicted octanol–water partition coefficient (Wildman–Crippen LogP) is 2.70. The minimum atomic E-state index is 0.141. The third kappa shape index (κ3) is 5.72. The summed E-state index contributed by atoms with van der Waals surface area (Å²) >= 11 is 0. The fourth-order valence-corrected chi connectivity index (χ4v) is 0.940. The molecule has 1 atom stereocenters. The minimum Gasteiger partial charge on any atom is -0.424 e. The van der Waals surface area contributed by atoms with Crippen molar-refractivity contribution < 1.29 is 4.74 Å². The van der Waals surface area contributed by atoms with Crippen LogP contribution in [0.2, 0.25) is 0 Å².